The smallest absolute Gasteiger partial charge is 0.404 e. The van der Waals surface area contributed by atoms with Gasteiger partial charge in [0.05, 0.1) is 22.2 Å². The lowest BCUT2D eigenvalue weighted by Gasteiger charge is -2.08. The zero-order chi connectivity index (χ0) is 15.4. The molecule has 10 heteroatoms. The molecule has 0 saturated carbocycles. The van der Waals surface area contributed by atoms with Crippen LogP contribution in [0.3, 0.4) is 0 Å². The molecule has 1 aromatic heterocycles. The second-order valence-corrected chi connectivity index (χ2v) is 3.97. The van der Waals surface area contributed by atoms with Crippen LogP contribution in [0.2, 0.25) is 0 Å². The number of nitrogens with zero attached hydrogens (tertiary/aromatic N) is 2. The fourth-order valence-electron chi connectivity index (χ4n) is 1.73. The molecular formula is C11H11N5O5. The molecule has 0 atom stereocenters. The summed E-state index contributed by atoms with van der Waals surface area (Å²) in [7, 11) is 0. The van der Waals surface area contributed by atoms with Gasteiger partial charge in [0.15, 0.2) is 0 Å². The summed E-state index contributed by atoms with van der Waals surface area (Å²) in [5.74, 6) is 0. The number of nitro groups is 1. The Hall–Kier alpha value is -3.17. The van der Waals surface area contributed by atoms with Crippen molar-refractivity contribution in [3.05, 3.63) is 38.9 Å². The van der Waals surface area contributed by atoms with Crippen LogP contribution in [0.25, 0.3) is 10.9 Å². The van der Waals surface area contributed by atoms with E-state index in [1.54, 1.807) is 0 Å². The van der Waals surface area contributed by atoms with E-state index in [1.807, 2.05) is 0 Å². The fourth-order valence-corrected chi connectivity index (χ4v) is 1.73. The number of benzene rings is 1. The van der Waals surface area contributed by atoms with Crippen molar-refractivity contribution in [2.75, 3.05) is 18.5 Å². The van der Waals surface area contributed by atoms with Crippen LogP contribution in [0.1, 0.15) is 0 Å². The van der Waals surface area contributed by atoms with Gasteiger partial charge in [-0.1, -0.05) is 0 Å². The Kier molecular flexibility index (Phi) is 3.97. The molecule has 0 aliphatic carbocycles. The Balaban J connectivity index is 2.33. The van der Waals surface area contributed by atoms with Crippen molar-refractivity contribution in [1.29, 1.82) is 0 Å². The van der Waals surface area contributed by atoms with Crippen LogP contribution in [0.15, 0.2) is 23.3 Å². The molecule has 21 heavy (non-hydrogen) atoms. The first-order valence-corrected chi connectivity index (χ1v) is 5.81. The van der Waals surface area contributed by atoms with Gasteiger partial charge in [-0.2, -0.15) is 0 Å². The largest absolute Gasteiger partial charge is 0.448 e. The first-order valence-electron chi connectivity index (χ1n) is 5.81. The number of nitrogens with two attached hydrogens (primary N) is 1. The molecule has 4 N–H and O–H groups in total. The molecule has 0 unspecified atom stereocenters. The van der Waals surface area contributed by atoms with E-state index in [9.17, 15) is 19.7 Å². The fraction of sp³-hybridized carbons (Fsp3) is 0.182. The molecule has 0 fully saturated rings. The highest BCUT2D eigenvalue weighted by molar-refractivity contribution is 5.86. The molecular weight excluding hydrogens is 282 g/mol. The first-order chi connectivity index (χ1) is 9.99. The van der Waals surface area contributed by atoms with Crippen molar-refractivity contribution < 1.29 is 14.5 Å². The molecule has 0 aliphatic heterocycles. The van der Waals surface area contributed by atoms with Crippen molar-refractivity contribution in [2.24, 2.45) is 5.73 Å². The Labute approximate surface area is 117 Å². The summed E-state index contributed by atoms with van der Waals surface area (Å²) >= 11 is 0. The third-order valence-corrected chi connectivity index (χ3v) is 2.62. The standard InChI is InChI=1S/C11H11N5O5/c12-11(18)21-2-1-13-8-4-7-6(3-9(8)16(19)20)10(17)15-5-14-7/h3-5,13H,1-2H2,(H2,12,18)(H,14,15,17). The number of rotatable bonds is 5. The molecule has 1 aromatic carbocycles. The number of amides is 1. The van der Waals surface area contributed by atoms with Crippen LogP contribution < -0.4 is 16.6 Å². The molecule has 110 valence electrons. The Morgan fingerprint density at radius 3 is 2.95 bits per heavy atom. The number of ether oxygens (including phenoxy) is 1. The van der Waals surface area contributed by atoms with E-state index in [0.717, 1.165) is 6.07 Å². The second-order valence-electron chi connectivity index (χ2n) is 3.97. The maximum atomic E-state index is 11.6. The molecule has 2 rings (SSSR count). The highest BCUT2D eigenvalue weighted by Crippen LogP contribution is 2.27. The van der Waals surface area contributed by atoms with E-state index in [2.05, 4.69) is 20.0 Å². The van der Waals surface area contributed by atoms with Crippen molar-refractivity contribution >= 4 is 28.4 Å². The molecule has 0 aliphatic rings. The van der Waals surface area contributed by atoms with Gasteiger partial charge >= 0.3 is 6.09 Å². The average Bonchev–Trinajstić information content (AvgIpc) is 2.43. The number of fused-ring (bicyclic) bond motifs is 1. The topological polar surface area (TPSA) is 153 Å². The van der Waals surface area contributed by atoms with E-state index in [4.69, 9.17) is 5.73 Å². The monoisotopic (exact) mass is 293 g/mol. The van der Waals surface area contributed by atoms with Crippen molar-refractivity contribution in [2.45, 2.75) is 0 Å². The van der Waals surface area contributed by atoms with Gasteiger partial charge in [-0.15, -0.1) is 0 Å². The summed E-state index contributed by atoms with van der Waals surface area (Å²) in [5, 5.41) is 13.9. The number of nitrogens with one attached hydrogen (secondary N) is 2. The number of hydrogen-bond acceptors (Lipinski definition) is 7. The molecule has 1 heterocycles. The Morgan fingerprint density at radius 2 is 2.29 bits per heavy atom. The third-order valence-electron chi connectivity index (χ3n) is 2.62. The van der Waals surface area contributed by atoms with Gasteiger partial charge in [0.1, 0.15) is 12.3 Å². The minimum Gasteiger partial charge on any atom is -0.448 e. The zero-order valence-electron chi connectivity index (χ0n) is 10.7. The number of hydrogen-bond donors (Lipinski definition) is 3. The average molecular weight is 293 g/mol. The maximum absolute atomic E-state index is 11.6. The maximum Gasteiger partial charge on any atom is 0.404 e. The van der Waals surface area contributed by atoms with E-state index < -0.39 is 16.6 Å². The lowest BCUT2D eigenvalue weighted by Crippen LogP contribution is -2.18. The Bertz CT molecular complexity index is 756. The molecule has 0 spiro atoms. The third kappa shape index (κ3) is 3.23. The van der Waals surface area contributed by atoms with Crippen molar-refractivity contribution in [1.82, 2.24) is 9.97 Å². The molecule has 1 amide bonds. The van der Waals surface area contributed by atoms with E-state index in [1.165, 1.54) is 12.4 Å². The van der Waals surface area contributed by atoms with Gasteiger partial charge in [-0.05, 0) is 6.07 Å². The highest BCUT2D eigenvalue weighted by Gasteiger charge is 2.16. The summed E-state index contributed by atoms with van der Waals surface area (Å²) < 4.78 is 4.51. The number of aromatic nitrogens is 2. The van der Waals surface area contributed by atoms with Gasteiger partial charge in [0, 0.05) is 12.6 Å². The zero-order valence-corrected chi connectivity index (χ0v) is 10.7. The summed E-state index contributed by atoms with van der Waals surface area (Å²) in [6.07, 6.45) is 0.272. The predicted molar refractivity (Wildman–Crippen MR) is 73.0 cm³/mol. The molecule has 0 radical (unpaired) electrons. The Morgan fingerprint density at radius 1 is 1.52 bits per heavy atom. The van der Waals surface area contributed by atoms with Gasteiger partial charge in [0.2, 0.25) is 0 Å². The predicted octanol–water partition coefficient (Wildman–Crippen LogP) is 0.338. The van der Waals surface area contributed by atoms with Gasteiger partial charge < -0.3 is 20.8 Å². The minimum atomic E-state index is -0.932. The number of carbonyl (C=O) groups is 1. The number of anilines is 1. The van der Waals surface area contributed by atoms with Gasteiger partial charge in [-0.25, -0.2) is 9.78 Å². The van der Waals surface area contributed by atoms with E-state index >= 15 is 0 Å². The molecule has 10 nitrogen and oxygen atoms in total. The number of primary amides is 1. The normalized spacial score (nSPS) is 10.3. The quantitative estimate of drug-likeness (QED) is 0.408. The van der Waals surface area contributed by atoms with Crippen LogP contribution in [0, 0.1) is 10.1 Å². The molecule has 0 bridgehead atoms. The number of aromatic amines is 1. The van der Waals surface area contributed by atoms with Gasteiger partial charge in [-0.3, -0.25) is 14.9 Å². The lowest BCUT2D eigenvalue weighted by molar-refractivity contribution is -0.383. The molecule has 0 saturated heterocycles. The van der Waals surface area contributed by atoms with Crippen molar-refractivity contribution in [3.8, 4) is 0 Å². The lowest BCUT2D eigenvalue weighted by atomic mass is 10.2. The highest BCUT2D eigenvalue weighted by atomic mass is 16.6. The van der Waals surface area contributed by atoms with Crippen LogP contribution in [-0.2, 0) is 4.74 Å². The summed E-state index contributed by atoms with van der Waals surface area (Å²) in [6, 6.07) is 2.52. The van der Waals surface area contributed by atoms with Crippen LogP contribution >= 0.6 is 0 Å². The summed E-state index contributed by atoms with van der Waals surface area (Å²) in [5.41, 5.74) is 4.53. The van der Waals surface area contributed by atoms with E-state index in [-0.39, 0.29) is 29.9 Å². The number of carbonyl (C=O) groups excluding carboxylic acids is 1. The van der Waals surface area contributed by atoms with Crippen LogP contribution in [0.5, 0.6) is 0 Å². The van der Waals surface area contributed by atoms with E-state index in [0.29, 0.717) is 5.52 Å². The van der Waals surface area contributed by atoms with Crippen LogP contribution in [-0.4, -0.2) is 34.1 Å². The number of nitro benzene ring substituents is 1. The number of H-pyrrole nitrogens is 1. The SMILES string of the molecule is NC(=O)OCCNc1cc2nc[nH]c(=O)c2cc1[N+](=O)[O-]. The second kappa shape index (κ2) is 5.86. The van der Waals surface area contributed by atoms with Crippen molar-refractivity contribution in [3.63, 3.8) is 0 Å². The summed E-state index contributed by atoms with van der Waals surface area (Å²) in [4.78, 5) is 38.7. The summed E-state index contributed by atoms with van der Waals surface area (Å²) in [6.45, 7) is 0.0752. The van der Waals surface area contributed by atoms with Crippen LogP contribution in [0.4, 0.5) is 16.2 Å². The minimum absolute atomic E-state index is 0.0483. The van der Waals surface area contributed by atoms with Gasteiger partial charge in [0.25, 0.3) is 11.2 Å². The first kappa shape index (κ1) is 14.2. The molecule has 2 aromatic rings.